The van der Waals surface area contributed by atoms with Gasteiger partial charge in [-0.25, -0.2) is 0 Å². The van der Waals surface area contributed by atoms with E-state index < -0.39 is 0 Å². The highest BCUT2D eigenvalue weighted by Crippen LogP contribution is 2.27. The quantitative estimate of drug-likeness (QED) is 0.784. The molecular formula is C11H16N2OS. The Morgan fingerprint density at radius 3 is 3.13 bits per heavy atom. The second-order valence-corrected chi connectivity index (χ2v) is 5.12. The van der Waals surface area contributed by atoms with Crippen molar-refractivity contribution in [2.45, 2.75) is 19.4 Å². The number of amides is 1. The van der Waals surface area contributed by atoms with E-state index in [1.807, 2.05) is 6.07 Å². The minimum atomic E-state index is 0.0377. The third-order valence-corrected chi connectivity index (χ3v) is 3.97. The summed E-state index contributed by atoms with van der Waals surface area (Å²) >= 11 is 1.64. The highest BCUT2D eigenvalue weighted by Gasteiger charge is 2.17. The monoisotopic (exact) mass is 224 g/mol. The van der Waals surface area contributed by atoms with Crippen molar-refractivity contribution in [1.82, 2.24) is 10.2 Å². The molecule has 1 amide bonds. The molecule has 1 aromatic heterocycles. The molecule has 0 radical (unpaired) electrons. The van der Waals surface area contributed by atoms with Crippen molar-refractivity contribution in [2.75, 3.05) is 20.6 Å². The van der Waals surface area contributed by atoms with Crippen molar-refractivity contribution in [3.8, 4) is 0 Å². The summed E-state index contributed by atoms with van der Waals surface area (Å²) in [6.45, 7) is 2.12. The van der Waals surface area contributed by atoms with Gasteiger partial charge in [-0.15, -0.1) is 11.3 Å². The van der Waals surface area contributed by atoms with Gasteiger partial charge in [-0.2, -0.15) is 0 Å². The van der Waals surface area contributed by atoms with Crippen molar-refractivity contribution in [2.24, 2.45) is 0 Å². The fraction of sp³-hybridized carbons (Fsp3) is 0.545. The van der Waals surface area contributed by atoms with Crippen LogP contribution < -0.4 is 5.32 Å². The van der Waals surface area contributed by atoms with Crippen LogP contribution in [0.4, 0.5) is 0 Å². The van der Waals surface area contributed by atoms with Crippen LogP contribution in [-0.4, -0.2) is 31.4 Å². The summed E-state index contributed by atoms with van der Waals surface area (Å²) < 4.78 is 0. The molecule has 2 rings (SSSR count). The molecule has 0 saturated heterocycles. The second kappa shape index (κ2) is 4.33. The summed E-state index contributed by atoms with van der Waals surface area (Å²) in [5.74, 6) is 0.0377. The molecule has 0 spiro atoms. The highest BCUT2D eigenvalue weighted by molar-refractivity contribution is 7.14. The van der Waals surface area contributed by atoms with Gasteiger partial charge in [0.2, 0.25) is 0 Å². The largest absolute Gasteiger partial charge is 0.354 e. The van der Waals surface area contributed by atoms with Crippen molar-refractivity contribution >= 4 is 17.2 Å². The summed E-state index contributed by atoms with van der Waals surface area (Å²) in [4.78, 5) is 16.0. The number of aryl methyl sites for hydroxylation is 1. The molecule has 0 atom stereocenters. The summed E-state index contributed by atoms with van der Waals surface area (Å²) in [5, 5.41) is 2.68. The van der Waals surface area contributed by atoms with E-state index in [2.05, 4.69) is 17.3 Å². The van der Waals surface area contributed by atoms with E-state index in [0.717, 1.165) is 24.4 Å². The van der Waals surface area contributed by atoms with E-state index >= 15 is 0 Å². The minimum absolute atomic E-state index is 0.0377. The first-order valence-electron chi connectivity index (χ1n) is 5.23. The molecule has 0 bridgehead atoms. The van der Waals surface area contributed by atoms with Crippen molar-refractivity contribution in [3.63, 3.8) is 0 Å². The third kappa shape index (κ3) is 2.21. The Balaban J connectivity index is 2.27. The Kier molecular flexibility index (Phi) is 3.07. The molecule has 1 N–H and O–H groups in total. The van der Waals surface area contributed by atoms with Gasteiger partial charge in [0, 0.05) is 18.5 Å². The molecule has 0 unspecified atom stereocenters. The zero-order chi connectivity index (χ0) is 10.8. The lowest BCUT2D eigenvalue weighted by Crippen LogP contribution is -2.18. The van der Waals surface area contributed by atoms with Gasteiger partial charge < -0.3 is 10.2 Å². The number of carbonyl (C=O) groups is 1. The van der Waals surface area contributed by atoms with Crippen LogP contribution in [0, 0.1) is 0 Å². The number of carbonyl (C=O) groups excluding carboxylic acids is 1. The van der Waals surface area contributed by atoms with Gasteiger partial charge in [-0.3, -0.25) is 4.79 Å². The van der Waals surface area contributed by atoms with Crippen LogP contribution in [-0.2, 0) is 13.0 Å². The number of nitrogens with one attached hydrogen (secondary N) is 1. The average molecular weight is 224 g/mol. The smallest absolute Gasteiger partial charge is 0.261 e. The maximum absolute atomic E-state index is 11.5. The van der Waals surface area contributed by atoms with Gasteiger partial charge in [0.1, 0.15) is 0 Å². The maximum Gasteiger partial charge on any atom is 0.261 e. The number of fused-ring (bicyclic) bond motifs is 1. The molecule has 2 heterocycles. The van der Waals surface area contributed by atoms with E-state index in [9.17, 15) is 4.79 Å². The van der Waals surface area contributed by atoms with Crippen LogP contribution in [0.5, 0.6) is 0 Å². The normalized spacial score (nSPS) is 16.9. The predicted octanol–water partition coefficient (Wildman–Crippen LogP) is 1.49. The molecule has 0 saturated carbocycles. The van der Waals surface area contributed by atoms with Crippen LogP contribution >= 0.6 is 11.3 Å². The molecule has 1 aliphatic heterocycles. The second-order valence-electron chi connectivity index (χ2n) is 3.98. The van der Waals surface area contributed by atoms with Crippen LogP contribution in [0.1, 0.15) is 26.5 Å². The first-order valence-corrected chi connectivity index (χ1v) is 6.04. The maximum atomic E-state index is 11.5. The standard InChI is InChI=1S/C11H16N2OS/c1-12-11(14)10-6-8-7-13(2)5-3-4-9(8)15-10/h6H,3-5,7H2,1-2H3,(H,12,14). The predicted molar refractivity (Wildman–Crippen MR) is 62.4 cm³/mol. The Morgan fingerprint density at radius 1 is 1.60 bits per heavy atom. The van der Waals surface area contributed by atoms with Crippen LogP contribution in [0.25, 0.3) is 0 Å². The zero-order valence-corrected chi connectivity index (χ0v) is 9.99. The molecule has 1 aliphatic rings. The number of hydrogen-bond donors (Lipinski definition) is 1. The number of nitrogens with zero attached hydrogens (tertiary/aromatic N) is 1. The number of thiophene rings is 1. The molecule has 82 valence electrons. The molecule has 3 nitrogen and oxygen atoms in total. The van der Waals surface area contributed by atoms with Crippen molar-refractivity contribution in [3.05, 3.63) is 21.4 Å². The molecule has 0 aromatic carbocycles. The lowest BCUT2D eigenvalue weighted by atomic mass is 10.2. The van der Waals surface area contributed by atoms with Crippen molar-refractivity contribution < 1.29 is 4.79 Å². The summed E-state index contributed by atoms with van der Waals surface area (Å²) in [6.07, 6.45) is 2.30. The van der Waals surface area contributed by atoms with E-state index in [1.54, 1.807) is 18.4 Å². The first kappa shape index (κ1) is 10.6. The molecule has 15 heavy (non-hydrogen) atoms. The fourth-order valence-electron chi connectivity index (χ4n) is 1.93. The molecule has 1 aromatic rings. The van der Waals surface area contributed by atoms with E-state index in [4.69, 9.17) is 0 Å². The number of hydrogen-bond acceptors (Lipinski definition) is 3. The van der Waals surface area contributed by atoms with Gasteiger partial charge in [0.15, 0.2) is 0 Å². The summed E-state index contributed by atoms with van der Waals surface area (Å²) in [7, 11) is 3.81. The van der Waals surface area contributed by atoms with E-state index in [1.165, 1.54) is 16.9 Å². The third-order valence-electron chi connectivity index (χ3n) is 2.73. The van der Waals surface area contributed by atoms with Crippen LogP contribution in [0.15, 0.2) is 6.07 Å². The van der Waals surface area contributed by atoms with E-state index in [0.29, 0.717) is 0 Å². The van der Waals surface area contributed by atoms with Gasteiger partial charge in [-0.05, 0) is 38.1 Å². The fourth-order valence-corrected chi connectivity index (χ4v) is 3.09. The molecule has 0 fully saturated rings. The van der Waals surface area contributed by atoms with Gasteiger partial charge >= 0.3 is 0 Å². The highest BCUT2D eigenvalue weighted by atomic mass is 32.1. The molecule has 4 heteroatoms. The summed E-state index contributed by atoms with van der Waals surface area (Å²) in [5.41, 5.74) is 1.33. The van der Waals surface area contributed by atoms with Gasteiger partial charge in [0.25, 0.3) is 5.91 Å². The Bertz CT molecular complexity index is 373. The number of rotatable bonds is 1. The van der Waals surface area contributed by atoms with E-state index in [-0.39, 0.29) is 5.91 Å². The zero-order valence-electron chi connectivity index (χ0n) is 9.17. The lowest BCUT2D eigenvalue weighted by molar-refractivity contribution is 0.0967. The van der Waals surface area contributed by atoms with Gasteiger partial charge in [-0.1, -0.05) is 0 Å². The van der Waals surface area contributed by atoms with Crippen molar-refractivity contribution in [1.29, 1.82) is 0 Å². The Morgan fingerprint density at radius 2 is 2.40 bits per heavy atom. The first-order chi connectivity index (χ1) is 7.20. The minimum Gasteiger partial charge on any atom is -0.354 e. The average Bonchev–Trinajstić information content (AvgIpc) is 2.53. The lowest BCUT2D eigenvalue weighted by Gasteiger charge is -2.11. The molecular weight excluding hydrogens is 208 g/mol. The van der Waals surface area contributed by atoms with Gasteiger partial charge in [0.05, 0.1) is 4.88 Å². The van der Waals surface area contributed by atoms with Crippen LogP contribution in [0.3, 0.4) is 0 Å². The Labute approximate surface area is 94.1 Å². The topological polar surface area (TPSA) is 32.3 Å². The SMILES string of the molecule is CNC(=O)c1cc2c(s1)CCCN(C)C2. The summed E-state index contributed by atoms with van der Waals surface area (Å²) in [6, 6.07) is 2.04. The molecule has 0 aliphatic carbocycles. The Hall–Kier alpha value is -0.870. The van der Waals surface area contributed by atoms with Crippen LogP contribution in [0.2, 0.25) is 0 Å².